The van der Waals surface area contributed by atoms with E-state index in [2.05, 4.69) is 15.5 Å². The molecule has 106 valence electrons. The standard InChI is InChI=1S/C15H18FN3O/c1-8-5-12(6-9(2)14(8)16)7-17-15(20)13-10(3)18-19-11(13)4/h5-6H,7H2,1-4H3,(H,17,20)(H,18,19). The third kappa shape index (κ3) is 2.71. The normalized spacial score (nSPS) is 10.7. The average Bonchev–Trinajstić information content (AvgIpc) is 2.72. The van der Waals surface area contributed by atoms with Crippen LogP contribution in [0.2, 0.25) is 0 Å². The summed E-state index contributed by atoms with van der Waals surface area (Å²) in [6.07, 6.45) is 0. The van der Waals surface area contributed by atoms with Gasteiger partial charge in [-0.1, -0.05) is 12.1 Å². The molecule has 0 fully saturated rings. The summed E-state index contributed by atoms with van der Waals surface area (Å²) < 4.78 is 13.5. The molecule has 2 aromatic rings. The Balaban J connectivity index is 2.12. The fraction of sp³-hybridized carbons (Fsp3) is 0.333. The maximum absolute atomic E-state index is 13.5. The number of halogens is 1. The van der Waals surface area contributed by atoms with Crippen molar-refractivity contribution in [2.75, 3.05) is 0 Å². The monoisotopic (exact) mass is 275 g/mol. The minimum Gasteiger partial charge on any atom is -0.348 e. The number of carbonyl (C=O) groups excluding carboxylic acids is 1. The van der Waals surface area contributed by atoms with Crippen LogP contribution in [0, 0.1) is 33.5 Å². The van der Waals surface area contributed by atoms with Crippen molar-refractivity contribution in [1.29, 1.82) is 0 Å². The first-order valence-electron chi connectivity index (χ1n) is 6.45. The molecule has 2 N–H and O–H groups in total. The van der Waals surface area contributed by atoms with Crippen LogP contribution in [0.5, 0.6) is 0 Å². The molecule has 1 heterocycles. The summed E-state index contributed by atoms with van der Waals surface area (Å²) in [6, 6.07) is 3.50. The highest BCUT2D eigenvalue weighted by Gasteiger charge is 2.15. The van der Waals surface area contributed by atoms with Crippen LogP contribution in [0.3, 0.4) is 0 Å². The largest absolute Gasteiger partial charge is 0.348 e. The Labute approximate surface area is 117 Å². The summed E-state index contributed by atoms with van der Waals surface area (Å²) in [4.78, 5) is 12.1. The molecule has 1 aromatic heterocycles. The van der Waals surface area contributed by atoms with Crippen molar-refractivity contribution in [3.63, 3.8) is 0 Å². The lowest BCUT2D eigenvalue weighted by Crippen LogP contribution is -2.24. The number of aromatic amines is 1. The van der Waals surface area contributed by atoms with E-state index in [9.17, 15) is 9.18 Å². The predicted octanol–water partition coefficient (Wildman–Crippen LogP) is 2.71. The number of nitrogens with one attached hydrogen (secondary N) is 2. The molecule has 2 rings (SSSR count). The molecule has 0 saturated heterocycles. The second-order valence-corrected chi connectivity index (χ2v) is 5.04. The molecule has 0 aliphatic carbocycles. The lowest BCUT2D eigenvalue weighted by Gasteiger charge is -2.09. The van der Waals surface area contributed by atoms with Crippen LogP contribution in [0.4, 0.5) is 4.39 Å². The molecule has 5 heteroatoms. The molecule has 4 nitrogen and oxygen atoms in total. The van der Waals surface area contributed by atoms with Crippen LogP contribution < -0.4 is 5.32 Å². The molecule has 20 heavy (non-hydrogen) atoms. The number of aryl methyl sites for hydroxylation is 4. The molecule has 0 saturated carbocycles. The van der Waals surface area contributed by atoms with Gasteiger partial charge in [-0.05, 0) is 44.4 Å². The zero-order chi connectivity index (χ0) is 14.9. The third-order valence-corrected chi connectivity index (χ3v) is 3.30. The predicted molar refractivity (Wildman–Crippen MR) is 75.1 cm³/mol. The van der Waals surface area contributed by atoms with Crippen LogP contribution in [-0.2, 0) is 6.54 Å². The smallest absolute Gasteiger partial charge is 0.255 e. The van der Waals surface area contributed by atoms with Crippen molar-refractivity contribution >= 4 is 5.91 Å². The Bertz CT molecular complexity index is 619. The van der Waals surface area contributed by atoms with Gasteiger partial charge in [-0.3, -0.25) is 9.89 Å². The lowest BCUT2D eigenvalue weighted by molar-refractivity contribution is 0.0949. The summed E-state index contributed by atoms with van der Waals surface area (Å²) in [6.45, 7) is 7.40. The summed E-state index contributed by atoms with van der Waals surface area (Å²) in [7, 11) is 0. The fourth-order valence-corrected chi connectivity index (χ4v) is 2.29. The highest BCUT2D eigenvalue weighted by molar-refractivity contribution is 5.96. The van der Waals surface area contributed by atoms with Gasteiger partial charge in [0.25, 0.3) is 5.91 Å². The second kappa shape index (κ2) is 5.45. The number of rotatable bonds is 3. The average molecular weight is 275 g/mol. The van der Waals surface area contributed by atoms with Crippen molar-refractivity contribution < 1.29 is 9.18 Å². The van der Waals surface area contributed by atoms with Crippen LogP contribution in [0.1, 0.15) is 38.4 Å². The molecule has 0 aliphatic rings. The number of hydrogen-bond donors (Lipinski definition) is 2. The number of benzene rings is 1. The highest BCUT2D eigenvalue weighted by atomic mass is 19.1. The van der Waals surface area contributed by atoms with Crippen LogP contribution in [0.25, 0.3) is 0 Å². The highest BCUT2D eigenvalue weighted by Crippen LogP contribution is 2.15. The summed E-state index contributed by atoms with van der Waals surface area (Å²) in [5.41, 5.74) is 4.04. The molecule has 1 amide bonds. The number of hydrogen-bond acceptors (Lipinski definition) is 2. The van der Waals surface area contributed by atoms with E-state index in [0.29, 0.717) is 28.9 Å². The quantitative estimate of drug-likeness (QED) is 0.905. The molecular formula is C15H18FN3O. The fourth-order valence-electron chi connectivity index (χ4n) is 2.29. The number of amides is 1. The van der Waals surface area contributed by atoms with Crippen LogP contribution >= 0.6 is 0 Å². The van der Waals surface area contributed by atoms with Crippen molar-refractivity contribution in [1.82, 2.24) is 15.5 Å². The van der Waals surface area contributed by atoms with E-state index in [1.54, 1.807) is 39.8 Å². The van der Waals surface area contributed by atoms with Gasteiger partial charge in [0.05, 0.1) is 11.3 Å². The van der Waals surface area contributed by atoms with E-state index in [4.69, 9.17) is 0 Å². The third-order valence-electron chi connectivity index (χ3n) is 3.30. The summed E-state index contributed by atoms with van der Waals surface area (Å²) in [5.74, 6) is -0.366. The number of H-pyrrole nitrogens is 1. The first kappa shape index (κ1) is 14.2. The molecule has 0 atom stereocenters. The van der Waals surface area contributed by atoms with Crippen molar-refractivity contribution in [2.45, 2.75) is 34.2 Å². The second-order valence-electron chi connectivity index (χ2n) is 5.04. The van der Waals surface area contributed by atoms with E-state index in [0.717, 1.165) is 11.3 Å². The molecule has 0 unspecified atom stereocenters. The van der Waals surface area contributed by atoms with E-state index in [1.807, 2.05) is 0 Å². The van der Waals surface area contributed by atoms with Gasteiger partial charge in [-0.2, -0.15) is 5.10 Å². The van der Waals surface area contributed by atoms with E-state index < -0.39 is 0 Å². The maximum atomic E-state index is 13.5. The van der Waals surface area contributed by atoms with Crippen LogP contribution in [-0.4, -0.2) is 16.1 Å². The Morgan fingerprint density at radius 1 is 1.25 bits per heavy atom. The minimum absolute atomic E-state index is 0.173. The molecule has 0 bridgehead atoms. The Hall–Kier alpha value is -2.17. The first-order valence-corrected chi connectivity index (χ1v) is 6.45. The van der Waals surface area contributed by atoms with Crippen molar-refractivity contribution in [3.05, 3.63) is 51.6 Å². The lowest BCUT2D eigenvalue weighted by atomic mass is 10.1. The first-order chi connectivity index (χ1) is 9.40. The van der Waals surface area contributed by atoms with Crippen LogP contribution in [0.15, 0.2) is 12.1 Å². The molecular weight excluding hydrogens is 257 g/mol. The van der Waals surface area contributed by atoms with Gasteiger partial charge >= 0.3 is 0 Å². The van der Waals surface area contributed by atoms with E-state index >= 15 is 0 Å². The molecule has 0 radical (unpaired) electrons. The zero-order valence-corrected chi connectivity index (χ0v) is 12.1. The molecule has 0 spiro atoms. The van der Waals surface area contributed by atoms with Gasteiger partial charge in [0.2, 0.25) is 0 Å². The molecule has 1 aromatic carbocycles. The summed E-state index contributed by atoms with van der Waals surface area (Å²) in [5, 5.41) is 9.61. The Morgan fingerprint density at radius 2 is 1.85 bits per heavy atom. The van der Waals surface area contributed by atoms with Gasteiger partial charge in [0.1, 0.15) is 5.82 Å². The number of nitrogens with zero attached hydrogens (tertiary/aromatic N) is 1. The van der Waals surface area contributed by atoms with Gasteiger partial charge in [-0.25, -0.2) is 4.39 Å². The number of aromatic nitrogens is 2. The minimum atomic E-state index is -0.193. The number of carbonyl (C=O) groups is 1. The topological polar surface area (TPSA) is 57.8 Å². The SMILES string of the molecule is Cc1cc(CNC(=O)c2c(C)n[nH]c2C)cc(C)c1F. The van der Waals surface area contributed by atoms with E-state index in [1.165, 1.54) is 0 Å². The Kier molecular flexibility index (Phi) is 3.88. The zero-order valence-electron chi connectivity index (χ0n) is 12.1. The van der Waals surface area contributed by atoms with Gasteiger partial charge in [-0.15, -0.1) is 0 Å². The molecule has 0 aliphatic heterocycles. The van der Waals surface area contributed by atoms with Crippen molar-refractivity contribution in [3.8, 4) is 0 Å². The van der Waals surface area contributed by atoms with E-state index in [-0.39, 0.29) is 11.7 Å². The van der Waals surface area contributed by atoms with Gasteiger partial charge in [0.15, 0.2) is 0 Å². The van der Waals surface area contributed by atoms with Crippen molar-refractivity contribution in [2.24, 2.45) is 0 Å². The van der Waals surface area contributed by atoms with Gasteiger partial charge < -0.3 is 5.32 Å². The summed E-state index contributed by atoms with van der Waals surface area (Å²) >= 11 is 0. The maximum Gasteiger partial charge on any atom is 0.255 e. The Morgan fingerprint density at radius 3 is 2.35 bits per heavy atom. The van der Waals surface area contributed by atoms with Gasteiger partial charge in [0, 0.05) is 12.2 Å².